The monoisotopic (exact) mass is 270 g/mol. The van der Waals surface area contributed by atoms with E-state index >= 15 is 0 Å². The number of hydrogen-bond acceptors (Lipinski definition) is 4. The summed E-state index contributed by atoms with van der Waals surface area (Å²) in [6, 6.07) is 4.01. The molecule has 20 heavy (non-hydrogen) atoms. The molecule has 1 N–H and O–H groups in total. The lowest BCUT2D eigenvalue weighted by atomic mass is 10.3. The van der Waals surface area contributed by atoms with Crippen molar-refractivity contribution in [1.82, 2.24) is 29.7 Å². The highest BCUT2D eigenvalue weighted by atomic mass is 15.3. The molecule has 0 aliphatic carbocycles. The highest BCUT2D eigenvalue weighted by Gasteiger charge is 2.01. The molecule has 3 heterocycles. The van der Waals surface area contributed by atoms with E-state index in [9.17, 15) is 0 Å². The second-order valence-corrected chi connectivity index (χ2v) is 4.96. The van der Waals surface area contributed by atoms with Crippen LogP contribution in [0.3, 0.4) is 0 Å². The van der Waals surface area contributed by atoms with Gasteiger partial charge < -0.3 is 5.32 Å². The molecule has 0 atom stereocenters. The summed E-state index contributed by atoms with van der Waals surface area (Å²) in [6.07, 6.45) is 6.80. The van der Waals surface area contributed by atoms with Crippen molar-refractivity contribution in [2.75, 3.05) is 6.54 Å². The minimum Gasteiger partial charge on any atom is -0.312 e. The Morgan fingerprint density at radius 2 is 2.20 bits per heavy atom. The van der Waals surface area contributed by atoms with Crippen LogP contribution < -0.4 is 5.32 Å². The maximum atomic E-state index is 4.39. The molecule has 0 amide bonds. The standard InChI is InChI=1S/C14H18N6/c1-11-7-14-16-9-12(10-20(14)17-11)8-15-5-3-13-4-6-19(2)18-13/h4,6-7,9-10,15H,3,5,8H2,1-2H3. The average Bonchev–Trinajstić information content (AvgIpc) is 2.99. The van der Waals surface area contributed by atoms with E-state index in [2.05, 4.69) is 20.5 Å². The summed E-state index contributed by atoms with van der Waals surface area (Å²) in [4.78, 5) is 4.39. The van der Waals surface area contributed by atoms with Gasteiger partial charge in [0.2, 0.25) is 0 Å². The molecule has 3 aromatic heterocycles. The van der Waals surface area contributed by atoms with Gasteiger partial charge in [-0.15, -0.1) is 0 Å². The third-order valence-electron chi connectivity index (χ3n) is 3.14. The first-order valence-corrected chi connectivity index (χ1v) is 6.71. The number of nitrogens with zero attached hydrogens (tertiary/aromatic N) is 5. The average molecular weight is 270 g/mol. The molecule has 0 fully saturated rings. The Labute approximate surface area is 117 Å². The Balaban J connectivity index is 1.54. The lowest BCUT2D eigenvalue weighted by molar-refractivity contribution is 0.661. The fourth-order valence-corrected chi connectivity index (χ4v) is 2.17. The topological polar surface area (TPSA) is 60.0 Å². The van der Waals surface area contributed by atoms with Crippen molar-refractivity contribution < 1.29 is 0 Å². The second-order valence-electron chi connectivity index (χ2n) is 4.96. The van der Waals surface area contributed by atoms with E-state index in [1.54, 1.807) is 0 Å². The number of nitrogens with one attached hydrogen (secondary N) is 1. The van der Waals surface area contributed by atoms with Gasteiger partial charge >= 0.3 is 0 Å². The first kappa shape index (κ1) is 12.8. The maximum absolute atomic E-state index is 4.39. The normalized spacial score (nSPS) is 11.3. The largest absolute Gasteiger partial charge is 0.312 e. The van der Waals surface area contributed by atoms with Crippen LogP contribution in [-0.2, 0) is 20.0 Å². The highest BCUT2D eigenvalue weighted by molar-refractivity contribution is 5.38. The lowest BCUT2D eigenvalue weighted by Gasteiger charge is -2.04. The van der Waals surface area contributed by atoms with Gasteiger partial charge in [0.15, 0.2) is 5.65 Å². The third kappa shape index (κ3) is 2.85. The van der Waals surface area contributed by atoms with E-state index in [-0.39, 0.29) is 0 Å². The Kier molecular flexibility index (Phi) is 3.47. The Morgan fingerprint density at radius 1 is 1.30 bits per heavy atom. The van der Waals surface area contributed by atoms with Crippen molar-refractivity contribution in [3.05, 3.63) is 47.7 Å². The molecule has 0 aromatic carbocycles. The van der Waals surface area contributed by atoms with E-state index in [0.717, 1.165) is 42.1 Å². The summed E-state index contributed by atoms with van der Waals surface area (Å²) < 4.78 is 3.65. The molecule has 0 aliphatic heterocycles. The van der Waals surface area contributed by atoms with Gasteiger partial charge in [0.25, 0.3) is 0 Å². The molecule has 104 valence electrons. The lowest BCUT2D eigenvalue weighted by Crippen LogP contribution is -2.17. The van der Waals surface area contributed by atoms with Gasteiger partial charge in [0.1, 0.15) is 0 Å². The van der Waals surface area contributed by atoms with Crippen molar-refractivity contribution in [2.45, 2.75) is 19.9 Å². The molecule has 3 rings (SSSR count). The number of fused-ring (bicyclic) bond motifs is 1. The Bertz CT molecular complexity index is 711. The van der Waals surface area contributed by atoms with Crippen LogP contribution in [0.15, 0.2) is 30.7 Å². The van der Waals surface area contributed by atoms with Crippen molar-refractivity contribution >= 4 is 5.65 Å². The first-order chi connectivity index (χ1) is 9.70. The molecule has 0 saturated carbocycles. The predicted octanol–water partition coefficient (Wildman–Crippen LogP) is 1.10. The molecule has 0 radical (unpaired) electrons. The Morgan fingerprint density at radius 3 is 3.00 bits per heavy atom. The van der Waals surface area contributed by atoms with E-state index in [0.29, 0.717) is 0 Å². The molecule has 6 heteroatoms. The van der Waals surface area contributed by atoms with Crippen molar-refractivity contribution in [1.29, 1.82) is 0 Å². The van der Waals surface area contributed by atoms with Crippen LogP contribution in [0.5, 0.6) is 0 Å². The molecule has 0 bridgehead atoms. The summed E-state index contributed by atoms with van der Waals surface area (Å²) in [5, 5.41) is 12.1. The minimum absolute atomic E-state index is 0.786. The molecule has 0 spiro atoms. The minimum atomic E-state index is 0.786. The molecule has 6 nitrogen and oxygen atoms in total. The summed E-state index contributed by atoms with van der Waals surface area (Å²) in [5.41, 5.74) is 4.11. The van der Waals surface area contributed by atoms with Crippen LogP contribution in [-0.4, -0.2) is 30.9 Å². The molecule has 0 aliphatic rings. The van der Waals surface area contributed by atoms with Crippen LogP contribution in [0.4, 0.5) is 0 Å². The molecular weight excluding hydrogens is 252 g/mol. The van der Waals surface area contributed by atoms with Crippen molar-refractivity contribution in [3.8, 4) is 0 Å². The van der Waals surface area contributed by atoms with Crippen LogP contribution in [0.25, 0.3) is 5.65 Å². The van der Waals surface area contributed by atoms with Crippen LogP contribution in [0.2, 0.25) is 0 Å². The molecule has 0 unspecified atom stereocenters. The van der Waals surface area contributed by atoms with E-state index in [1.807, 2.05) is 53.9 Å². The fourth-order valence-electron chi connectivity index (χ4n) is 2.17. The zero-order valence-corrected chi connectivity index (χ0v) is 11.7. The summed E-state index contributed by atoms with van der Waals surface area (Å²) in [5.74, 6) is 0. The quantitative estimate of drug-likeness (QED) is 0.705. The molecule has 0 saturated heterocycles. The van der Waals surface area contributed by atoms with E-state index in [4.69, 9.17) is 0 Å². The van der Waals surface area contributed by atoms with Crippen LogP contribution in [0.1, 0.15) is 17.0 Å². The van der Waals surface area contributed by atoms with E-state index < -0.39 is 0 Å². The molecular formula is C14H18N6. The van der Waals surface area contributed by atoms with E-state index in [1.165, 1.54) is 0 Å². The van der Waals surface area contributed by atoms with Crippen LogP contribution in [0, 0.1) is 6.92 Å². The van der Waals surface area contributed by atoms with Gasteiger partial charge in [0.05, 0.1) is 11.4 Å². The van der Waals surface area contributed by atoms with Gasteiger partial charge in [-0.3, -0.25) is 4.68 Å². The van der Waals surface area contributed by atoms with Crippen molar-refractivity contribution in [2.24, 2.45) is 7.05 Å². The van der Waals surface area contributed by atoms with Gasteiger partial charge in [-0.1, -0.05) is 0 Å². The number of aromatic nitrogens is 5. The number of hydrogen-bond donors (Lipinski definition) is 1. The highest BCUT2D eigenvalue weighted by Crippen LogP contribution is 2.04. The predicted molar refractivity (Wildman–Crippen MR) is 76.3 cm³/mol. The SMILES string of the molecule is Cc1cc2ncc(CNCCc3ccn(C)n3)cn2n1. The summed E-state index contributed by atoms with van der Waals surface area (Å²) >= 11 is 0. The fraction of sp³-hybridized carbons (Fsp3) is 0.357. The summed E-state index contributed by atoms with van der Waals surface area (Å²) in [6.45, 7) is 3.65. The Hall–Kier alpha value is -2.21. The first-order valence-electron chi connectivity index (χ1n) is 6.71. The smallest absolute Gasteiger partial charge is 0.155 e. The zero-order valence-electron chi connectivity index (χ0n) is 11.7. The molecule has 3 aromatic rings. The van der Waals surface area contributed by atoms with Crippen molar-refractivity contribution in [3.63, 3.8) is 0 Å². The maximum Gasteiger partial charge on any atom is 0.155 e. The van der Waals surface area contributed by atoms with Gasteiger partial charge in [0, 0.05) is 56.8 Å². The summed E-state index contributed by atoms with van der Waals surface area (Å²) in [7, 11) is 1.93. The number of aryl methyl sites for hydroxylation is 2. The van der Waals surface area contributed by atoms with Crippen LogP contribution >= 0.6 is 0 Å². The van der Waals surface area contributed by atoms with Gasteiger partial charge in [-0.2, -0.15) is 10.2 Å². The third-order valence-corrected chi connectivity index (χ3v) is 3.14. The zero-order chi connectivity index (χ0) is 13.9. The second kappa shape index (κ2) is 5.42. The number of rotatable bonds is 5. The van der Waals surface area contributed by atoms with Gasteiger partial charge in [-0.05, 0) is 13.0 Å². The van der Waals surface area contributed by atoms with Gasteiger partial charge in [-0.25, -0.2) is 9.50 Å².